The Bertz CT molecular complexity index is 370. The molecule has 0 aliphatic heterocycles. The molecule has 1 rings (SSSR count). The van der Waals surface area contributed by atoms with E-state index in [0.717, 1.165) is 5.56 Å². The van der Waals surface area contributed by atoms with E-state index in [1.165, 1.54) is 0 Å². The Morgan fingerprint density at radius 3 is 2.92 bits per heavy atom. The Labute approximate surface area is 77.4 Å². The van der Waals surface area contributed by atoms with Gasteiger partial charge in [0.1, 0.15) is 0 Å². The van der Waals surface area contributed by atoms with Gasteiger partial charge in [0.05, 0.1) is 18.6 Å². The minimum absolute atomic E-state index is 0.0913. The van der Waals surface area contributed by atoms with Crippen molar-refractivity contribution in [3.63, 3.8) is 0 Å². The number of rotatable bonds is 2. The quantitative estimate of drug-likeness (QED) is 0.687. The summed E-state index contributed by atoms with van der Waals surface area (Å²) in [5, 5.41) is 17.8. The second kappa shape index (κ2) is 4.30. The molecule has 1 aromatic carbocycles. The van der Waals surface area contributed by atoms with Crippen LogP contribution in [0.15, 0.2) is 24.3 Å². The lowest BCUT2D eigenvalue weighted by Gasteiger charge is -2.06. The molecule has 1 aromatic rings. The number of terminal acetylenes is 1. The van der Waals surface area contributed by atoms with Crippen LogP contribution in [0, 0.1) is 23.7 Å². The van der Waals surface area contributed by atoms with Crippen LogP contribution in [0.4, 0.5) is 0 Å². The van der Waals surface area contributed by atoms with E-state index in [9.17, 15) is 5.11 Å². The van der Waals surface area contributed by atoms with Crippen molar-refractivity contribution in [3.8, 4) is 18.4 Å². The normalized spacial score (nSPS) is 11.3. The number of aliphatic hydroxyl groups is 1. The molecule has 1 unspecified atom stereocenters. The van der Waals surface area contributed by atoms with Gasteiger partial charge in [-0.3, -0.25) is 0 Å². The van der Waals surface area contributed by atoms with Crippen LogP contribution in [-0.2, 0) is 0 Å². The van der Waals surface area contributed by atoms with Crippen LogP contribution >= 0.6 is 0 Å². The Morgan fingerprint density at radius 2 is 2.31 bits per heavy atom. The predicted octanol–water partition coefficient (Wildman–Crippen LogP) is 1.61. The van der Waals surface area contributed by atoms with Gasteiger partial charge in [-0.1, -0.05) is 18.1 Å². The average Bonchev–Trinajstić information content (AvgIpc) is 2.18. The van der Waals surface area contributed by atoms with Crippen molar-refractivity contribution in [1.29, 1.82) is 5.26 Å². The van der Waals surface area contributed by atoms with Crippen molar-refractivity contribution in [1.82, 2.24) is 0 Å². The predicted molar refractivity (Wildman–Crippen MR) is 49.6 cm³/mol. The van der Waals surface area contributed by atoms with E-state index >= 15 is 0 Å². The molecule has 0 saturated carbocycles. The molecule has 0 spiro atoms. The van der Waals surface area contributed by atoms with Gasteiger partial charge in [-0.15, -0.1) is 6.42 Å². The highest BCUT2D eigenvalue weighted by Gasteiger charge is 2.05. The zero-order valence-electron chi connectivity index (χ0n) is 7.07. The summed E-state index contributed by atoms with van der Waals surface area (Å²) in [6.45, 7) is 0. The molecule has 2 nitrogen and oxygen atoms in total. The minimum atomic E-state index is -0.738. The van der Waals surface area contributed by atoms with E-state index in [2.05, 4.69) is 5.92 Å². The summed E-state index contributed by atoms with van der Waals surface area (Å²) < 4.78 is 0. The Morgan fingerprint density at radius 1 is 1.54 bits per heavy atom. The highest BCUT2D eigenvalue weighted by molar-refractivity contribution is 5.36. The largest absolute Gasteiger partial charge is 0.387 e. The van der Waals surface area contributed by atoms with Crippen LogP contribution in [0.3, 0.4) is 0 Å². The summed E-state index contributed by atoms with van der Waals surface area (Å²) >= 11 is 0. The van der Waals surface area contributed by atoms with Crippen molar-refractivity contribution in [3.05, 3.63) is 35.4 Å². The van der Waals surface area contributed by atoms with Crippen molar-refractivity contribution in [2.24, 2.45) is 0 Å². The molecule has 1 atom stereocenters. The number of aliphatic hydroxyl groups excluding tert-OH is 1. The maximum Gasteiger partial charge on any atom is 0.0920 e. The number of hydrogen-bond donors (Lipinski definition) is 1. The zero-order chi connectivity index (χ0) is 9.68. The topological polar surface area (TPSA) is 44.0 Å². The zero-order valence-corrected chi connectivity index (χ0v) is 7.07. The smallest absolute Gasteiger partial charge is 0.0920 e. The summed E-state index contributed by atoms with van der Waals surface area (Å²) in [6, 6.07) is 8.91. The van der Waals surface area contributed by atoms with Crippen molar-refractivity contribution >= 4 is 0 Å². The second-order valence-corrected chi connectivity index (χ2v) is 2.65. The van der Waals surface area contributed by atoms with Crippen LogP contribution in [0.1, 0.15) is 23.7 Å². The minimum Gasteiger partial charge on any atom is -0.387 e. The Kier molecular flexibility index (Phi) is 3.09. The third-order valence-corrected chi connectivity index (χ3v) is 1.72. The van der Waals surface area contributed by atoms with E-state index in [-0.39, 0.29) is 6.42 Å². The molecule has 0 fully saturated rings. The molecule has 0 saturated heterocycles. The van der Waals surface area contributed by atoms with Gasteiger partial charge in [-0.25, -0.2) is 0 Å². The van der Waals surface area contributed by atoms with Gasteiger partial charge in [-0.05, 0) is 17.7 Å². The summed E-state index contributed by atoms with van der Waals surface area (Å²) in [4.78, 5) is 0. The van der Waals surface area contributed by atoms with Crippen LogP contribution in [0.2, 0.25) is 0 Å². The van der Waals surface area contributed by atoms with Gasteiger partial charge in [-0.2, -0.15) is 5.26 Å². The highest BCUT2D eigenvalue weighted by Crippen LogP contribution is 2.16. The van der Waals surface area contributed by atoms with Gasteiger partial charge in [0, 0.05) is 5.56 Å². The molecule has 13 heavy (non-hydrogen) atoms. The molecule has 0 aliphatic carbocycles. The third-order valence-electron chi connectivity index (χ3n) is 1.72. The number of hydrogen-bond acceptors (Lipinski definition) is 2. The first kappa shape index (κ1) is 9.32. The van der Waals surface area contributed by atoms with E-state index < -0.39 is 6.10 Å². The van der Waals surface area contributed by atoms with Crippen LogP contribution in [-0.4, -0.2) is 5.11 Å². The first-order valence-corrected chi connectivity index (χ1v) is 3.89. The molecule has 0 amide bonds. The van der Waals surface area contributed by atoms with Gasteiger partial charge in [0.25, 0.3) is 0 Å². The van der Waals surface area contributed by atoms with Gasteiger partial charge in [0.2, 0.25) is 0 Å². The third kappa shape index (κ3) is 2.33. The summed E-state index contributed by atoms with van der Waals surface area (Å²) in [5.74, 6) is 2.47. The van der Waals surface area contributed by atoms with Crippen LogP contribution < -0.4 is 0 Å². The first-order valence-electron chi connectivity index (χ1n) is 3.89. The second-order valence-electron chi connectivity index (χ2n) is 2.65. The molecule has 0 aliphatic rings. The van der Waals surface area contributed by atoms with E-state index in [4.69, 9.17) is 11.7 Å². The lowest BCUT2D eigenvalue weighted by molar-refractivity contribution is 0.183. The van der Waals surface area contributed by atoms with Crippen LogP contribution in [0.25, 0.3) is 0 Å². The molecule has 0 radical (unpaired) electrons. The monoisotopic (exact) mass is 171 g/mol. The number of nitriles is 1. The van der Waals surface area contributed by atoms with Gasteiger partial charge < -0.3 is 5.11 Å². The summed E-state index contributed by atoms with van der Waals surface area (Å²) in [7, 11) is 0. The molecule has 0 aromatic heterocycles. The Balaban J connectivity index is 2.91. The maximum absolute atomic E-state index is 9.45. The molecule has 0 bridgehead atoms. The first-order chi connectivity index (χ1) is 6.27. The molecule has 0 heterocycles. The maximum atomic E-state index is 9.45. The fourth-order valence-electron chi connectivity index (χ4n) is 1.04. The van der Waals surface area contributed by atoms with Crippen molar-refractivity contribution in [2.75, 3.05) is 0 Å². The van der Waals surface area contributed by atoms with Gasteiger partial charge in [0.15, 0.2) is 0 Å². The standard InChI is InChI=1S/C11H9NO/c1-2-9-4-3-5-10(8-9)11(13)6-7-12/h1,3-5,8,11,13H,6H2. The number of benzene rings is 1. The SMILES string of the molecule is C#Cc1cccc(C(O)CC#N)c1. The molecule has 1 N–H and O–H groups in total. The average molecular weight is 171 g/mol. The molecular formula is C11H9NO. The summed E-state index contributed by atoms with van der Waals surface area (Å²) in [6.07, 6.45) is 4.55. The number of nitrogens with zero attached hydrogens (tertiary/aromatic N) is 1. The lowest BCUT2D eigenvalue weighted by atomic mass is 10.0. The highest BCUT2D eigenvalue weighted by atomic mass is 16.3. The molecule has 2 heteroatoms. The Hall–Kier alpha value is -1.77. The van der Waals surface area contributed by atoms with Crippen molar-refractivity contribution < 1.29 is 5.11 Å². The molecule has 64 valence electrons. The van der Waals surface area contributed by atoms with Crippen molar-refractivity contribution in [2.45, 2.75) is 12.5 Å². The van der Waals surface area contributed by atoms with Gasteiger partial charge >= 0.3 is 0 Å². The van der Waals surface area contributed by atoms with E-state index in [0.29, 0.717) is 5.56 Å². The van der Waals surface area contributed by atoms with E-state index in [1.54, 1.807) is 24.3 Å². The van der Waals surface area contributed by atoms with E-state index in [1.807, 2.05) is 6.07 Å². The summed E-state index contributed by atoms with van der Waals surface area (Å²) in [5.41, 5.74) is 1.41. The molecular weight excluding hydrogens is 162 g/mol. The van der Waals surface area contributed by atoms with Crippen LogP contribution in [0.5, 0.6) is 0 Å². The fourth-order valence-corrected chi connectivity index (χ4v) is 1.04. The fraction of sp³-hybridized carbons (Fsp3) is 0.182. The lowest BCUT2D eigenvalue weighted by Crippen LogP contribution is -1.95.